The summed E-state index contributed by atoms with van der Waals surface area (Å²) in [5, 5.41) is 8.67. The third-order valence-electron chi connectivity index (χ3n) is 2.14. The number of nitrogens with two attached hydrogens (primary N) is 1. The lowest BCUT2D eigenvalue weighted by Crippen LogP contribution is -2.67. The minimum absolute atomic E-state index is 0.402. The second-order valence-corrected chi connectivity index (χ2v) is 2.84. The molecule has 0 saturated carbocycles. The Balaban J connectivity index is 2.83. The second kappa shape index (κ2) is 3.04. The minimum atomic E-state index is -1.19. The average Bonchev–Trinajstić information content (AvgIpc) is 1.99. The van der Waals surface area contributed by atoms with Gasteiger partial charge in [0.1, 0.15) is 0 Å². The van der Waals surface area contributed by atoms with Gasteiger partial charge in [0.2, 0.25) is 5.91 Å². The summed E-state index contributed by atoms with van der Waals surface area (Å²) in [6, 6.07) is -2.07. The van der Waals surface area contributed by atoms with Gasteiger partial charge < -0.3 is 10.8 Å². The monoisotopic (exact) mass is 186 g/mol. The minimum Gasteiger partial charge on any atom is -0.480 e. The number of hydrogen-bond acceptors (Lipinski definition) is 3. The molecule has 0 aromatic carbocycles. The number of rotatable bonds is 2. The Labute approximate surface area is 74.3 Å². The molecule has 1 aliphatic rings. The number of urea groups is 1. The van der Waals surface area contributed by atoms with Gasteiger partial charge in [-0.25, -0.2) is 14.5 Å². The Kier molecular flexibility index (Phi) is 2.22. The summed E-state index contributed by atoms with van der Waals surface area (Å²) in [6.45, 7) is 1.69. The molecule has 3 N–H and O–H groups in total. The third-order valence-corrected chi connectivity index (χ3v) is 2.14. The lowest BCUT2D eigenvalue weighted by Gasteiger charge is -2.41. The molecule has 13 heavy (non-hydrogen) atoms. The maximum absolute atomic E-state index is 11.1. The number of carbonyl (C=O) groups excluding carboxylic acids is 2. The van der Waals surface area contributed by atoms with Gasteiger partial charge in [-0.05, 0) is 6.42 Å². The SMILES string of the molecule is CCC1C(=O)N(C(N)=O)C1C(=O)O. The van der Waals surface area contributed by atoms with Crippen LogP contribution < -0.4 is 5.73 Å². The summed E-state index contributed by atoms with van der Waals surface area (Å²) in [6.07, 6.45) is 0.402. The molecule has 1 heterocycles. The molecule has 72 valence electrons. The van der Waals surface area contributed by atoms with Gasteiger partial charge in [-0.3, -0.25) is 4.79 Å². The predicted molar refractivity (Wildman–Crippen MR) is 41.6 cm³/mol. The normalized spacial score (nSPS) is 26.8. The number of imide groups is 1. The fourth-order valence-electron chi connectivity index (χ4n) is 1.47. The zero-order valence-corrected chi connectivity index (χ0v) is 7.06. The standard InChI is InChI=1S/C7H10N2O4/c1-2-3-4(6(11)12)9(5(3)10)7(8)13/h3-4H,2H2,1H3,(H2,8,13)(H,11,12). The van der Waals surface area contributed by atoms with Crippen LogP contribution in [0.1, 0.15) is 13.3 Å². The fraction of sp³-hybridized carbons (Fsp3) is 0.571. The van der Waals surface area contributed by atoms with Crippen molar-refractivity contribution in [2.24, 2.45) is 11.7 Å². The number of aliphatic carboxylic acids is 1. The molecule has 2 unspecified atom stereocenters. The number of nitrogens with zero attached hydrogens (tertiary/aromatic N) is 1. The molecule has 1 fully saturated rings. The van der Waals surface area contributed by atoms with Gasteiger partial charge in [-0.1, -0.05) is 6.92 Å². The van der Waals surface area contributed by atoms with Crippen LogP contribution in [0.3, 0.4) is 0 Å². The average molecular weight is 186 g/mol. The summed E-state index contributed by atoms with van der Waals surface area (Å²) in [4.78, 5) is 32.9. The van der Waals surface area contributed by atoms with Crippen molar-refractivity contribution >= 4 is 17.9 Å². The van der Waals surface area contributed by atoms with Crippen LogP contribution >= 0.6 is 0 Å². The van der Waals surface area contributed by atoms with Crippen LogP contribution in [0.2, 0.25) is 0 Å². The molecule has 0 aliphatic carbocycles. The Morgan fingerprint density at radius 1 is 1.62 bits per heavy atom. The van der Waals surface area contributed by atoms with E-state index in [0.717, 1.165) is 0 Å². The largest absolute Gasteiger partial charge is 0.480 e. The van der Waals surface area contributed by atoms with E-state index in [1.807, 2.05) is 0 Å². The van der Waals surface area contributed by atoms with E-state index in [0.29, 0.717) is 11.3 Å². The van der Waals surface area contributed by atoms with Crippen LogP contribution in [0, 0.1) is 5.92 Å². The Morgan fingerprint density at radius 3 is 2.46 bits per heavy atom. The number of likely N-dealkylation sites (tertiary alicyclic amines) is 1. The van der Waals surface area contributed by atoms with Crippen molar-refractivity contribution in [3.05, 3.63) is 0 Å². The van der Waals surface area contributed by atoms with Crippen molar-refractivity contribution < 1.29 is 19.5 Å². The molecule has 1 saturated heterocycles. The van der Waals surface area contributed by atoms with Gasteiger partial charge in [-0.15, -0.1) is 0 Å². The zero-order chi connectivity index (χ0) is 10.2. The van der Waals surface area contributed by atoms with E-state index >= 15 is 0 Å². The highest BCUT2D eigenvalue weighted by atomic mass is 16.4. The van der Waals surface area contributed by atoms with Crippen LogP contribution in [0.4, 0.5) is 4.79 Å². The maximum Gasteiger partial charge on any atom is 0.327 e. The number of hydrogen-bond donors (Lipinski definition) is 2. The molecule has 1 rings (SSSR count). The molecule has 0 radical (unpaired) electrons. The smallest absolute Gasteiger partial charge is 0.327 e. The molecule has 6 heteroatoms. The summed E-state index contributed by atoms with van der Waals surface area (Å²) in [5.41, 5.74) is 4.84. The predicted octanol–water partition coefficient (Wildman–Crippen LogP) is -0.613. The van der Waals surface area contributed by atoms with Crippen LogP contribution in [-0.4, -0.2) is 34.0 Å². The molecular formula is C7H10N2O4. The van der Waals surface area contributed by atoms with Gasteiger partial charge in [0, 0.05) is 0 Å². The molecule has 0 aromatic heterocycles. The number of β-lactam (4-membered cyclic amide) rings is 1. The van der Waals surface area contributed by atoms with Crippen LogP contribution in [0.25, 0.3) is 0 Å². The quantitative estimate of drug-likeness (QED) is 0.561. The molecular weight excluding hydrogens is 176 g/mol. The van der Waals surface area contributed by atoms with Crippen molar-refractivity contribution in [2.45, 2.75) is 19.4 Å². The maximum atomic E-state index is 11.1. The summed E-state index contributed by atoms with van der Waals surface area (Å²) in [7, 11) is 0. The first-order chi connectivity index (χ1) is 6.00. The third kappa shape index (κ3) is 1.24. The highest BCUT2D eigenvalue weighted by molar-refractivity contribution is 6.07. The Morgan fingerprint density at radius 2 is 2.15 bits per heavy atom. The summed E-state index contributed by atoms with van der Waals surface area (Å²) >= 11 is 0. The lowest BCUT2D eigenvalue weighted by molar-refractivity contribution is -0.165. The van der Waals surface area contributed by atoms with Crippen LogP contribution in [0.5, 0.6) is 0 Å². The molecule has 2 atom stereocenters. The molecule has 3 amide bonds. The van der Waals surface area contributed by atoms with Crippen LogP contribution in [-0.2, 0) is 9.59 Å². The van der Waals surface area contributed by atoms with Crippen molar-refractivity contribution in [1.82, 2.24) is 4.90 Å². The topological polar surface area (TPSA) is 101 Å². The fourth-order valence-corrected chi connectivity index (χ4v) is 1.47. The zero-order valence-electron chi connectivity index (χ0n) is 7.06. The molecule has 0 spiro atoms. The van der Waals surface area contributed by atoms with E-state index in [1.54, 1.807) is 6.92 Å². The number of amides is 3. The molecule has 0 bridgehead atoms. The van der Waals surface area contributed by atoms with E-state index in [9.17, 15) is 14.4 Å². The highest BCUT2D eigenvalue weighted by Gasteiger charge is 2.53. The van der Waals surface area contributed by atoms with E-state index in [1.165, 1.54) is 0 Å². The number of carboxylic acid groups (broad SMARTS) is 1. The Bertz CT molecular complexity index is 276. The van der Waals surface area contributed by atoms with E-state index in [-0.39, 0.29) is 0 Å². The van der Waals surface area contributed by atoms with Crippen molar-refractivity contribution in [3.8, 4) is 0 Å². The van der Waals surface area contributed by atoms with Crippen LogP contribution in [0.15, 0.2) is 0 Å². The first kappa shape index (κ1) is 9.50. The van der Waals surface area contributed by atoms with E-state index < -0.39 is 29.9 Å². The van der Waals surface area contributed by atoms with Crippen molar-refractivity contribution in [1.29, 1.82) is 0 Å². The second-order valence-electron chi connectivity index (χ2n) is 2.84. The van der Waals surface area contributed by atoms with Gasteiger partial charge in [0.15, 0.2) is 6.04 Å². The molecule has 0 aromatic rings. The van der Waals surface area contributed by atoms with Gasteiger partial charge in [0.25, 0.3) is 0 Å². The van der Waals surface area contributed by atoms with Gasteiger partial charge in [0.05, 0.1) is 5.92 Å². The number of carboxylic acids is 1. The Hall–Kier alpha value is -1.59. The molecule has 1 aliphatic heterocycles. The lowest BCUT2D eigenvalue weighted by atomic mass is 9.85. The summed E-state index contributed by atoms with van der Waals surface area (Å²) in [5.74, 6) is -2.29. The first-order valence-electron chi connectivity index (χ1n) is 3.86. The number of carbonyl (C=O) groups is 3. The first-order valence-corrected chi connectivity index (χ1v) is 3.86. The van der Waals surface area contributed by atoms with E-state index in [4.69, 9.17) is 10.8 Å². The van der Waals surface area contributed by atoms with Gasteiger partial charge in [-0.2, -0.15) is 0 Å². The van der Waals surface area contributed by atoms with Crippen molar-refractivity contribution in [2.75, 3.05) is 0 Å². The van der Waals surface area contributed by atoms with E-state index in [2.05, 4.69) is 0 Å². The van der Waals surface area contributed by atoms with Crippen molar-refractivity contribution in [3.63, 3.8) is 0 Å². The summed E-state index contributed by atoms with van der Waals surface area (Å²) < 4.78 is 0. The molecule has 6 nitrogen and oxygen atoms in total. The number of primary amides is 1. The van der Waals surface area contributed by atoms with Gasteiger partial charge >= 0.3 is 12.0 Å². The highest BCUT2D eigenvalue weighted by Crippen LogP contribution is 2.28.